The molecule has 120 valence electrons. The molecule has 0 atom stereocenters. The molecule has 0 unspecified atom stereocenters. The Morgan fingerprint density at radius 3 is 1.86 bits per heavy atom. The molecule has 2 aromatic rings. The second-order valence-corrected chi connectivity index (χ2v) is 8.04. The summed E-state index contributed by atoms with van der Waals surface area (Å²) in [6.07, 6.45) is 0. The summed E-state index contributed by atoms with van der Waals surface area (Å²) in [7, 11) is -6.00. The van der Waals surface area contributed by atoms with Crippen molar-refractivity contribution >= 4 is 18.9 Å². The summed E-state index contributed by atoms with van der Waals surface area (Å²) in [5, 5.41) is 0.838. The molecule has 0 radical (unpaired) electrons. The van der Waals surface area contributed by atoms with E-state index < -0.39 is 7.25 Å². The van der Waals surface area contributed by atoms with E-state index in [1.54, 1.807) is 0 Å². The Kier molecular flexibility index (Phi) is 7.19. The minimum absolute atomic E-state index is 0.129. The lowest BCUT2D eigenvalue weighted by Crippen LogP contribution is -3.62. The number of hydrogen-bond acceptors (Lipinski definition) is 0. The fourth-order valence-electron chi connectivity index (χ4n) is 1.94. The molecule has 0 aliphatic rings. The monoisotopic (exact) mass is 444 g/mol. The van der Waals surface area contributed by atoms with Crippen molar-refractivity contribution in [3.63, 3.8) is 0 Å². The van der Waals surface area contributed by atoms with Crippen LogP contribution in [0.4, 0.5) is 17.3 Å². The topological polar surface area (TPSA) is 0 Å². The number of benzene rings is 2. The van der Waals surface area contributed by atoms with Crippen LogP contribution in [-0.2, 0) is 0 Å². The first-order chi connectivity index (χ1) is 10.1. The Bertz CT molecular complexity index is 615. The molecule has 0 fully saturated rings. The van der Waals surface area contributed by atoms with Gasteiger partial charge in [-0.15, -0.1) is 0 Å². The van der Waals surface area contributed by atoms with Crippen LogP contribution in [0.1, 0.15) is 16.7 Å². The van der Waals surface area contributed by atoms with Crippen LogP contribution in [0.3, 0.4) is 0 Å². The first kappa shape index (κ1) is 19.3. The summed E-state index contributed by atoms with van der Waals surface area (Å²) in [5.74, 6) is 0. The molecule has 22 heavy (non-hydrogen) atoms. The second kappa shape index (κ2) is 8.20. The molecule has 0 aromatic heterocycles. The fraction of sp³-hybridized carbons (Fsp3) is 0.200. The van der Waals surface area contributed by atoms with Crippen molar-refractivity contribution in [3.05, 3.63) is 65.3 Å². The lowest BCUT2D eigenvalue weighted by molar-refractivity contribution is -0.598. The van der Waals surface area contributed by atoms with E-state index >= 15 is 0 Å². The highest BCUT2D eigenvalue weighted by molar-refractivity contribution is 6.50. The Morgan fingerprint density at radius 1 is 0.909 bits per heavy atom. The number of aryl methyl sites for hydroxylation is 3. The van der Waals surface area contributed by atoms with Gasteiger partial charge in [-0.25, -0.2) is 0 Å². The maximum Gasteiger partial charge on any atom is 0.673 e. The van der Waals surface area contributed by atoms with Crippen LogP contribution in [0.15, 0.2) is 36.4 Å². The fourth-order valence-corrected chi connectivity index (χ4v) is 4.98. The lowest BCUT2D eigenvalue weighted by atomic mass is 10.1. The van der Waals surface area contributed by atoms with Crippen LogP contribution in [0, 0.1) is 27.9 Å². The van der Waals surface area contributed by atoms with Gasteiger partial charge in [0.15, 0.2) is 7.14 Å². The Balaban J connectivity index is 0.000000422. The van der Waals surface area contributed by atoms with Gasteiger partial charge in [-0.1, -0.05) is 35.4 Å². The molecule has 0 N–H and O–H groups in total. The van der Waals surface area contributed by atoms with Crippen molar-refractivity contribution in [2.75, 3.05) is 0 Å². The van der Waals surface area contributed by atoms with Crippen LogP contribution in [0.2, 0.25) is 5.02 Å². The van der Waals surface area contributed by atoms with Crippen LogP contribution in [0.25, 0.3) is 0 Å². The van der Waals surface area contributed by atoms with Crippen LogP contribution >= 0.6 is 11.6 Å². The molecule has 2 rings (SSSR count). The predicted octanol–water partition coefficient (Wildman–Crippen LogP) is 2.69. The van der Waals surface area contributed by atoms with E-state index in [4.69, 9.17) is 11.6 Å². The second-order valence-electron chi connectivity index (χ2n) is 4.74. The highest BCUT2D eigenvalue weighted by Gasteiger charge is 2.21. The molecule has 0 spiro atoms. The molecule has 0 saturated carbocycles. The van der Waals surface area contributed by atoms with E-state index in [9.17, 15) is 17.3 Å². The van der Waals surface area contributed by atoms with Gasteiger partial charge in [-0.3, -0.25) is 0 Å². The molecule has 7 heteroatoms. The van der Waals surface area contributed by atoms with Gasteiger partial charge in [0, 0.05) is 22.2 Å². The molecular formula is C15H15BClF4I. The largest absolute Gasteiger partial charge is 0.673 e. The number of halogens is 6. The third-order valence-electron chi connectivity index (χ3n) is 2.57. The minimum atomic E-state index is -6.00. The lowest BCUT2D eigenvalue weighted by Gasteiger charge is -2.00. The summed E-state index contributed by atoms with van der Waals surface area (Å²) in [6, 6.07) is 12.8. The van der Waals surface area contributed by atoms with E-state index in [0.717, 1.165) is 5.02 Å². The molecule has 0 bridgehead atoms. The molecule has 0 aliphatic heterocycles. The van der Waals surface area contributed by atoms with Crippen molar-refractivity contribution in [3.8, 4) is 0 Å². The molecule has 0 saturated heterocycles. The van der Waals surface area contributed by atoms with E-state index in [0.29, 0.717) is 0 Å². The summed E-state index contributed by atoms with van der Waals surface area (Å²) in [5.41, 5.74) is 4.17. The number of rotatable bonds is 2. The van der Waals surface area contributed by atoms with E-state index in [1.807, 2.05) is 12.1 Å². The summed E-state index contributed by atoms with van der Waals surface area (Å²) < 4.78 is 41.9. The van der Waals surface area contributed by atoms with Crippen LogP contribution in [-0.4, -0.2) is 7.25 Å². The van der Waals surface area contributed by atoms with Crippen molar-refractivity contribution in [2.45, 2.75) is 20.8 Å². The maximum atomic E-state index is 9.75. The highest BCUT2D eigenvalue weighted by atomic mass is 127. The average Bonchev–Trinajstić information content (AvgIpc) is 2.31. The predicted molar refractivity (Wildman–Crippen MR) is 79.7 cm³/mol. The molecular weight excluding hydrogens is 429 g/mol. The third kappa shape index (κ3) is 7.49. The van der Waals surface area contributed by atoms with Gasteiger partial charge >= 0.3 is 28.5 Å². The third-order valence-corrected chi connectivity index (χ3v) is 6.34. The van der Waals surface area contributed by atoms with Gasteiger partial charge in [-0.2, -0.15) is 0 Å². The van der Waals surface area contributed by atoms with Crippen LogP contribution in [0.5, 0.6) is 0 Å². The maximum absolute atomic E-state index is 9.75. The zero-order valence-electron chi connectivity index (χ0n) is 12.3. The Hall–Kier alpha value is -0.755. The van der Waals surface area contributed by atoms with E-state index in [-0.39, 0.29) is 21.2 Å². The van der Waals surface area contributed by atoms with Crippen molar-refractivity contribution < 1.29 is 38.5 Å². The van der Waals surface area contributed by atoms with Gasteiger partial charge < -0.3 is 17.3 Å². The van der Waals surface area contributed by atoms with Crippen LogP contribution < -0.4 is 21.2 Å². The smallest absolute Gasteiger partial charge is 0.418 e. The van der Waals surface area contributed by atoms with E-state index in [2.05, 4.69) is 45.0 Å². The summed E-state index contributed by atoms with van der Waals surface area (Å²) >= 11 is 5.90. The zero-order chi connectivity index (χ0) is 16.9. The normalized spacial score (nSPS) is 10.9. The first-order valence-electron chi connectivity index (χ1n) is 6.42. The van der Waals surface area contributed by atoms with Gasteiger partial charge in [0.1, 0.15) is 0 Å². The van der Waals surface area contributed by atoms with E-state index in [1.165, 1.54) is 23.8 Å². The van der Waals surface area contributed by atoms with Gasteiger partial charge in [-0.05, 0) is 32.9 Å². The summed E-state index contributed by atoms with van der Waals surface area (Å²) in [6.45, 7) is 6.57. The van der Waals surface area contributed by atoms with Crippen molar-refractivity contribution in [1.82, 2.24) is 0 Å². The Labute approximate surface area is 143 Å². The molecule has 0 amide bonds. The highest BCUT2D eigenvalue weighted by Crippen LogP contribution is 2.08. The summed E-state index contributed by atoms with van der Waals surface area (Å²) in [4.78, 5) is 0. The van der Waals surface area contributed by atoms with Gasteiger partial charge in [0.25, 0.3) is 0 Å². The zero-order valence-corrected chi connectivity index (χ0v) is 15.2. The standard InChI is InChI=1S/C15H15ClI.BF4/c1-10-7-11(2)15(12(3)8-10)17-14-6-4-5-13(16)9-14;2-1(3,4)5/h4-9H,1-3H3;/q+1;-1. The minimum Gasteiger partial charge on any atom is -0.418 e. The quantitative estimate of drug-likeness (QED) is 0.380. The van der Waals surface area contributed by atoms with Gasteiger partial charge in [0.2, 0.25) is 0 Å². The Morgan fingerprint density at radius 2 is 1.41 bits per heavy atom. The molecule has 0 nitrogen and oxygen atoms in total. The molecule has 2 aromatic carbocycles. The molecule has 0 aliphatic carbocycles. The molecule has 0 heterocycles. The van der Waals surface area contributed by atoms with Crippen molar-refractivity contribution in [2.24, 2.45) is 0 Å². The van der Waals surface area contributed by atoms with Gasteiger partial charge in [0.05, 0.1) is 0 Å². The van der Waals surface area contributed by atoms with Crippen molar-refractivity contribution in [1.29, 1.82) is 0 Å². The average molecular weight is 444 g/mol. The first-order valence-corrected chi connectivity index (χ1v) is 8.95. The number of hydrogen-bond donors (Lipinski definition) is 0. The SMILES string of the molecule is Cc1cc(C)c([I+]c2cccc(Cl)c2)c(C)c1.F[B-](F)(F)F.